The lowest BCUT2D eigenvalue weighted by Crippen LogP contribution is -2.29. The maximum Gasteiger partial charge on any atom is 0.122 e. The maximum atomic E-state index is 10.8. The van der Waals surface area contributed by atoms with E-state index in [2.05, 4.69) is 6.07 Å². The van der Waals surface area contributed by atoms with Gasteiger partial charge in [0.25, 0.3) is 0 Å². The van der Waals surface area contributed by atoms with Gasteiger partial charge in [0.05, 0.1) is 4.88 Å². The van der Waals surface area contributed by atoms with Crippen molar-refractivity contribution in [1.29, 1.82) is 0 Å². The molecule has 1 unspecified atom stereocenters. The van der Waals surface area contributed by atoms with Crippen molar-refractivity contribution >= 4 is 22.7 Å². The van der Waals surface area contributed by atoms with Gasteiger partial charge in [-0.3, -0.25) is 0 Å². The summed E-state index contributed by atoms with van der Waals surface area (Å²) in [5.41, 5.74) is -0.0966. The van der Waals surface area contributed by atoms with Crippen molar-refractivity contribution in [3.63, 3.8) is 0 Å². The van der Waals surface area contributed by atoms with E-state index < -0.39 is 5.60 Å². The predicted molar refractivity (Wildman–Crippen MR) is 89.1 cm³/mol. The van der Waals surface area contributed by atoms with Gasteiger partial charge in [-0.15, -0.1) is 22.7 Å². The number of aliphatic hydroxyl groups is 1. The highest BCUT2D eigenvalue weighted by Crippen LogP contribution is 2.38. The minimum absolute atomic E-state index is 0.228. The summed E-state index contributed by atoms with van der Waals surface area (Å²) in [6.07, 6.45) is 0. The number of para-hydroxylation sites is 1. The van der Waals surface area contributed by atoms with Gasteiger partial charge in [0.15, 0.2) is 0 Å². The van der Waals surface area contributed by atoms with E-state index in [9.17, 15) is 5.11 Å². The van der Waals surface area contributed by atoms with Crippen molar-refractivity contribution in [2.45, 2.75) is 12.5 Å². The van der Waals surface area contributed by atoms with Gasteiger partial charge >= 0.3 is 0 Å². The molecule has 0 spiro atoms. The van der Waals surface area contributed by atoms with Crippen molar-refractivity contribution < 1.29 is 9.84 Å². The summed E-state index contributed by atoms with van der Waals surface area (Å²) in [5, 5.41) is 14.9. The van der Waals surface area contributed by atoms with Crippen LogP contribution in [0.1, 0.15) is 12.5 Å². The Kier molecular flexibility index (Phi) is 4.10. The molecule has 1 aromatic carbocycles. The van der Waals surface area contributed by atoms with Crippen molar-refractivity contribution in [1.82, 2.24) is 0 Å². The molecule has 0 bridgehead atoms. The maximum absolute atomic E-state index is 10.8. The molecule has 0 aliphatic carbocycles. The standard InChI is InChI=1S/C17H16O2S2/c1-17(18,12-19-13-6-3-2-4-7-13)14-9-11-21-16(14)15-8-5-10-20-15/h2-11,18H,12H2,1H3. The minimum Gasteiger partial charge on any atom is -0.490 e. The first-order chi connectivity index (χ1) is 10.2. The van der Waals surface area contributed by atoms with Crippen LogP contribution in [0.4, 0.5) is 0 Å². The van der Waals surface area contributed by atoms with Crippen LogP contribution in [0, 0.1) is 0 Å². The third kappa shape index (κ3) is 3.18. The lowest BCUT2D eigenvalue weighted by molar-refractivity contribution is 0.00841. The van der Waals surface area contributed by atoms with E-state index in [1.807, 2.05) is 53.2 Å². The summed E-state index contributed by atoms with van der Waals surface area (Å²) in [7, 11) is 0. The fraction of sp³-hybridized carbons (Fsp3) is 0.176. The van der Waals surface area contributed by atoms with E-state index in [0.29, 0.717) is 0 Å². The van der Waals surface area contributed by atoms with Crippen LogP contribution in [0.2, 0.25) is 0 Å². The zero-order valence-corrected chi connectivity index (χ0v) is 13.3. The SMILES string of the molecule is CC(O)(COc1ccccc1)c1ccsc1-c1cccs1. The molecule has 0 saturated heterocycles. The smallest absolute Gasteiger partial charge is 0.122 e. The van der Waals surface area contributed by atoms with Gasteiger partial charge in [0.1, 0.15) is 18.0 Å². The Morgan fingerprint density at radius 2 is 1.81 bits per heavy atom. The van der Waals surface area contributed by atoms with Crippen LogP contribution in [-0.4, -0.2) is 11.7 Å². The Morgan fingerprint density at radius 1 is 1.00 bits per heavy atom. The summed E-state index contributed by atoms with van der Waals surface area (Å²) in [4.78, 5) is 2.30. The van der Waals surface area contributed by atoms with Crippen LogP contribution in [0.3, 0.4) is 0 Å². The van der Waals surface area contributed by atoms with Gasteiger partial charge in [0.2, 0.25) is 0 Å². The normalized spacial score (nSPS) is 13.8. The number of hydrogen-bond acceptors (Lipinski definition) is 4. The molecule has 4 heteroatoms. The molecule has 3 rings (SSSR count). The molecule has 0 saturated carbocycles. The van der Waals surface area contributed by atoms with Gasteiger partial charge in [-0.25, -0.2) is 0 Å². The van der Waals surface area contributed by atoms with Crippen molar-refractivity contribution in [2.75, 3.05) is 6.61 Å². The molecule has 3 aromatic rings. The highest BCUT2D eigenvalue weighted by Gasteiger charge is 2.28. The van der Waals surface area contributed by atoms with Gasteiger partial charge in [0, 0.05) is 10.4 Å². The fourth-order valence-electron chi connectivity index (χ4n) is 2.15. The quantitative estimate of drug-likeness (QED) is 0.735. The summed E-state index contributed by atoms with van der Waals surface area (Å²) in [5.74, 6) is 0.769. The third-order valence-electron chi connectivity index (χ3n) is 3.25. The number of hydrogen-bond donors (Lipinski definition) is 1. The summed E-state index contributed by atoms with van der Waals surface area (Å²) in [6.45, 7) is 2.03. The van der Waals surface area contributed by atoms with Gasteiger partial charge in [-0.05, 0) is 41.9 Å². The van der Waals surface area contributed by atoms with Gasteiger partial charge in [-0.2, -0.15) is 0 Å². The molecule has 1 N–H and O–H groups in total. The van der Waals surface area contributed by atoms with Crippen LogP contribution < -0.4 is 4.74 Å². The molecule has 2 heterocycles. The Bertz CT molecular complexity index is 685. The second-order valence-corrected chi connectivity index (χ2v) is 6.88. The van der Waals surface area contributed by atoms with Crippen LogP contribution in [0.25, 0.3) is 9.75 Å². The number of rotatable bonds is 5. The van der Waals surface area contributed by atoms with Crippen LogP contribution in [0.5, 0.6) is 5.75 Å². The van der Waals surface area contributed by atoms with Crippen LogP contribution in [-0.2, 0) is 5.60 Å². The van der Waals surface area contributed by atoms with Crippen molar-refractivity contribution in [3.8, 4) is 15.5 Å². The topological polar surface area (TPSA) is 29.5 Å². The third-order valence-corrected chi connectivity index (χ3v) is 5.22. The van der Waals surface area contributed by atoms with Crippen molar-refractivity contribution in [2.24, 2.45) is 0 Å². The van der Waals surface area contributed by atoms with E-state index in [-0.39, 0.29) is 6.61 Å². The van der Waals surface area contributed by atoms with E-state index in [1.54, 1.807) is 29.6 Å². The first kappa shape index (κ1) is 14.3. The molecule has 1 atom stereocenters. The van der Waals surface area contributed by atoms with E-state index in [0.717, 1.165) is 16.2 Å². The lowest BCUT2D eigenvalue weighted by atomic mass is 9.97. The molecule has 2 aromatic heterocycles. The number of ether oxygens (including phenoxy) is 1. The van der Waals surface area contributed by atoms with Crippen LogP contribution >= 0.6 is 22.7 Å². The molecule has 0 aliphatic rings. The average molecular weight is 316 g/mol. The van der Waals surface area contributed by atoms with E-state index in [4.69, 9.17) is 4.74 Å². The summed E-state index contributed by atoms with van der Waals surface area (Å²) < 4.78 is 5.72. The zero-order valence-electron chi connectivity index (χ0n) is 11.7. The molecular weight excluding hydrogens is 300 g/mol. The van der Waals surface area contributed by atoms with Crippen molar-refractivity contribution in [3.05, 3.63) is 64.9 Å². The first-order valence-electron chi connectivity index (χ1n) is 6.69. The molecule has 21 heavy (non-hydrogen) atoms. The van der Waals surface area contributed by atoms with Gasteiger partial charge in [-0.1, -0.05) is 24.3 Å². The molecule has 2 nitrogen and oxygen atoms in total. The Morgan fingerprint density at radius 3 is 2.52 bits per heavy atom. The monoisotopic (exact) mass is 316 g/mol. The molecule has 0 fully saturated rings. The highest BCUT2D eigenvalue weighted by molar-refractivity contribution is 7.20. The summed E-state index contributed by atoms with van der Waals surface area (Å²) >= 11 is 3.33. The number of benzene rings is 1. The number of thiophene rings is 2. The van der Waals surface area contributed by atoms with E-state index in [1.165, 1.54) is 4.88 Å². The zero-order chi connectivity index (χ0) is 14.7. The Hall–Kier alpha value is -1.62. The molecule has 0 amide bonds. The predicted octanol–water partition coefficient (Wildman–Crippen LogP) is 4.76. The molecule has 108 valence electrons. The Labute approximate surface area is 132 Å². The molecule has 0 radical (unpaired) electrons. The average Bonchev–Trinajstić information content (AvgIpc) is 3.16. The summed E-state index contributed by atoms with van der Waals surface area (Å²) in [6, 6.07) is 15.7. The lowest BCUT2D eigenvalue weighted by Gasteiger charge is -2.24. The Balaban J connectivity index is 1.81. The highest BCUT2D eigenvalue weighted by atomic mass is 32.1. The molecular formula is C17H16O2S2. The second kappa shape index (κ2) is 6.02. The second-order valence-electron chi connectivity index (χ2n) is 5.02. The fourth-order valence-corrected chi connectivity index (χ4v) is 4.06. The minimum atomic E-state index is -1.02. The van der Waals surface area contributed by atoms with E-state index >= 15 is 0 Å². The van der Waals surface area contributed by atoms with Gasteiger partial charge < -0.3 is 9.84 Å². The first-order valence-corrected chi connectivity index (χ1v) is 8.45. The largest absolute Gasteiger partial charge is 0.490 e. The van der Waals surface area contributed by atoms with Crippen LogP contribution in [0.15, 0.2) is 59.3 Å². The molecule has 0 aliphatic heterocycles.